The molecule has 0 amide bonds. The second kappa shape index (κ2) is 5.69. The highest BCUT2D eigenvalue weighted by molar-refractivity contribution is 8.16. The molecule has 0 saturated heterocycles. The van der Waals surface area contributed by atoms with Gasteiger partial charge in [0.1, 0.15) is 0 Å². The third-order valence-corrected chi connectivity index (χ3v) is 4.35. The van der Waals surface area contributed by atoms with Crippen molar-refractivity contribution in [1.29, 1.82) is 0 Å². The summed E-state index contributed by atoms with van der Waals surface area (Å²) in [6.45, 7) is 13.5. The first-order valence-electron chi connectivity index (χ1n) is 5.47. The van der Waals surface area contributed by atoms with E-state index in [1.807, 2.05) is 0 Å². The second-order valence-corrected chi connectivity index (χ2v) is 7.33. The molecular formula is C14H26S. The van der Waals surface area contributed by atoms with Gasteiger partial charge in [-0.15, -0.1) is 0 Å². The second-order valence-electron chi connectivity index (χ2n) is 5.41. The molecule has 15 heavy (non-hydrogen) atoms. The fourth-order valence-corrected chi connectivity index (χ4v) is 1.49. The zero-order valence-corrected chi connectivity index (χ0v) is 12.2. The van der Waals surface area contributed by atoms with Crippen molar-refractivity contribution in [3.63, 3.8) is 0 Å². The molecule has 0 fully saturated rings. The Bertz CT molecular complexity index is 287. The standard InChI is InChI=1S/C14H26S/c1-11(13(3)14(4,5)6)9-10-12(2)15(7)8/h9-10,13H,7H2,1-6,8H3/b11-9+,12-10+. The lowest BCUT2D eigenvalue weighted by Crippen LogP contribution is -2.18. The topological polar surface area (TPSA) is 0 Å². The summed E-state index contributed by atoms with van der Waals surface area (Å²) >= 11 is 0. The Balaban J connectivity index is 4.73. The zero-order valence-electron chi connectivity index (χ0n) is 11.3. The van der Waals surface area contributed by atoms with Crippen LogP contribution in [-0.2, 0) is 0 Å². The van der Waals surface area contributed by atoms with Gasteiger partial charge in [0.2, 0.25) is 0 Å². The highest BCUT2D eigenvalue weighted by atomic mass is 32.2. The van der Waals surface area contributed by atoms with E-state index < -0.39 is 0 Å². The maximum atomic E-state index is 4.04. The van der Waals surface area contributed by atoms with Gasteiger partial charge < -0.3 is 0 Å². The first-order chi connectivity index (χ1) is 6.66. The summed E-state index contributed by atoms with van der Waals surface area (Å²) in [5.41, 5.74) is 1.80. The maximum absolute atomic E-state index is 4.04. The van der Waals surface area contributed by atoms with E-state index in [1.54, 1.807) is 0 Å². The normalized spacial score (nSPS) is 18.9. The van der Waals surface area contributed by atoms with Gasteiger partial charge in [-0.3, -0.25) is 0 Å². The van der Waals surface area contributed by atoms with E-state index in [0.29, 0.717) is 11.3 Å². The summed E-state index contributed by atoms with van der Waals surface area (Å²) in [5, 5.41) is 0. The summed E-state index contributed by atoms with van der Waals surface area (Å²) in [5.74, 6) is 4.66. The SMILES string of the molecule is C=S(C)/C(C)=C/C=C(\C)C(C)C(C)(C)C. The summed E-state index contributed by atoms with van der Waals surface area (Å²) in [4.78, 5) is 1.37. The van der Waals surface area contributed by atoms with Gasteiger partial charge in [0, 0.05) is 0 Å². The minimum atomic E-state index is 0.155. The van der Waals surface area contributed by atoms with Crippen LogP contribution in [0.15, 0.2) is 22.6 Å². The molecule has 0 aliphatic carbocycles. The molecule has 0 bridgehead atoms. The van der Waals surface area contributed by atoms with Gasteiger partial charge in [0.15, 0.2) is 0 Å². The first-order valence-corrected chi connectivity index (χ1v) is 7.27. The maximum Gasteiger partial charge on any atom is -0.0183 e. The molecule has 0 aromatic rings. The van der Waals surface area contributed by atoms with Crippen molar-refractivity contribution >= 4 is 16.4 Å². The van der Waals surface area contributed by atoms with Gasteiger partial charge >= 0.3 is 0 Å². The van der Waals surface area contributed by atoms with E-state index in [1.165, 1.54) is 10.5 Å². The molecule has 2 unspecified atom stereocenters. The quantitative estimate of drug-likeness (QED) is 0.477. The van der Waals surface area contributed by atoms with E-state index in [4.69, 9.17) is 0 Å². The fraction of sp³-hybridized carbons (Fsp3) is 0.643. The molecule has 0 heterocycles. The van der Waals surface area contributed by atoms with Crippen molar-refractivity contribution in [2.45, 2.75) is 41.5 Å². The van der Waals surface area contributed by atoms with Crippen LogP contribution >= 0.6 is 10.5 Å². The van der Waals surface area contributed by atoms with Gasteiger partial charge in [-0.25, -0.2) is 0 Å². The highest BCUT2D eigenvalue weighted by Crippen LogP contribution is 2.31. The monoisotopic (exact) mass is 226 g/mol. The molecule has 0 spiro atoms. The third-order valence-electron chi connectivity index (χ3n) is 3.11. The van der Waals surface area contributed by atoms with Crippen LogP contribution in [0, 0.1) is 11.3 Å². The first kappa shape index (κ1) is 14.7. The van der Waals surface area contributed by atoms with Gasteiger partial charge in [-0.2, -0.15) is 10.5 Å². The largest absolute Gasteiger partial charge is 0.170 e. The minimum absolute atomic E-state index is 0.155. The Morgan fingerprint density at radius 3 is 2.00 bits per heavy atom. The predicted molar refractivity (Wildman–Crippen MR) is 76.8 cm³/mol. The van der Waals surface area contributed by atoms with Crippen LogP contribution in [0.25, 0.3) is 0 Å². The predicted octanol–water partition coefficient (Wildman–Crippen LogP) is 4.85. The highest BCUT2D eigenvalue weighted by Gasteiger charge is 2.20. The van der Waals surface area contributed by atoms with E-state index in [9.17, 15) is 0 Å². The van der Waals surface area contributed by atoms with Crippen molar-refractivity contribution in [3.05, 3.63) is 22.6 Å². The molecule has 0 aromatic heterocycles. The van der Waals surface area contributed by atoms with Crippen LogP contribution < -0.4 is 0 Å². The molecular weight excluding hydrogens is 200 g/mol. The van der Waals surface area contributed by atoms with Gasteiger partial charge in [-0.1, -0.05) is 51.3 Å². The number of hydrogen-bond acceptors (Lipinski definition) is 0. The average molecular weight is 226 g/mol. The third kappa shape index (κ3) is 5.36. The van der Waals surface area contributed by atoms with E-state index in [-0.39, 0.29) is 10.5 Å². The smallest absolute Gasteiger partial charge is 0.0183 e. The van der Waals surface area contributed by atoms with Crippen LogP contribution in [0.2, 0.25) is 0 Å². The summed E-state index contributed by atoms with van der Waals surface area (Å²) in [6, 6.07) is 0. The zero-order chi connectivity index (χ0) is 12.2. The lowest BCUT2D eigenvalue weighted by Gasteiger charge is -2.28. The molecule has 0 rings (SSSR count). The Labute approximate surface area is 98.4 Å². The van der Waals surface area contributed by atoms with Crippen molar-refractivity contribution in [3.8, 4) is 0 Å². The molecule has 0 aromatic carbocycles. The average Bonchev–Trinajstić information content (AvgIpc) is 2.10. The number of hydrogen-bond donors (Lipinski definition) is 0. The number of rotatable bonds is 3. The van der Waals surface area contributed by atoms with Crippen molar-refractivity contribution < 1.29 is 0 Å². The van der Waals surface area contributed by atoms with E-state index >= 15 is 0 Å². The fourth-order valence-electron chi connectivity index (χ4n) is 1.19. The van der Waals surface area contributed by atoms with Gasteiger partial charge in [0.25, 0.3) is 0 Å². The summed E-state index contributed by atoms with van der Waals surface area (Å²) in [7, 11) is 0.155. The molecule has 0 radical (unpaired) electrons. The van der Waals surface area contributed by atoms with Crippen LogP contribution in [-0.4, -0.2) is 12.1 Å². The molecule has 0 saturated carbocycles. The van der Waals surface area contributed by atoms with Crippen molar-refractivity contribution in [1.82, 2.24) is 0 Å². The molecule has 0 aliphatic rings. The van der Waals surface area contributed by atoms with Crippen LogP contribution in [0.1, 0.15) is 41.5 Å². The van der Waals surface area contributed by atoms with Crippen LogP contribution in [0.5, 0.6) is 0 Å². The molecule has 0 aliphatic heterocycles. The molecule has 1 heteroatoms. The Kier molecular flexibility index (Phi) is 5.58. The summed E-state index contributed by atoms with van der Waals surface area (Å²) in [6.07, 6.45) is 6.62. The van der Waals surface area contributed by atoms with E-state index in [2.05, 4.69) is 65.8 Å². The number of allylic oxidation sites excluding steroid dienone is 4. The molecule has 88 valence electrons. The molecule has 0 N–H and O–H groups in total. The summed E-state index contributed by atoms with van der Waals surface area (Å²) < 4.78 is 0. The Morgan fingerprint density at radius 1 is 1.20 bits per heavy atom. The van der Waals surface area contributed by atoms with Crippen molar-refractivity contribution in [2.24, 2.45) is 11.3 Å². The van der Waals surface area contributed by atoms with Gasteiger partial charge in [0.05, 0.1) is 0 Å². The molecule has 0 nitrogen and oxygen atoms in total. The van der Waals surface area contributed by atoms with Crippen LogP contribution in [0.4, 0.5) is 0 Å². The molecule has 2 atom stereocenters. The Hall–Kier alpha value is -0.300. The van der Waals surface area contributed by atoms with Gasteiger partial charge in [-0.05, 0) is 36.3 Å². The minimum Gasteiger partial charge on any atom is -0.170 e. The Morgan fingerprint density at radius 2 is 1.67 bits per heavy atom. The van der Waals surface area contributed by atoms with Crippen molar-refractivity contribution in [2.75, 3.05) is 6.26 Å². The lowest BCUT2D eigenvalue weighted by molar-refractivity contribution is 0.300. The van der Waals surface area contributed by atoms with E-state index in [0.717, 1.165) is 0 Å². The lowest BCUT2D eigenvalue weighted by atomic mass is 9.78. The van der Waals surface area contributed by atoms with Crippen LogP contribution in [0.3, 0.4) is 0 Å².